The Balaban J connectivity index is 2.36. The average Bonchev–Trinajstić information content (AvgIpc) is 2.39. The molecule has 0 saturated heterocycles. The molecule has 3 heteroatoms. The first kappa shape index (κ1) is 16.5. The van der Waals surface area contributed by atoms with Gasteiger partial charge in [0.2, 0.25) is 0 Å². The number of likely N-dealkylation sites (N-methyl/N-ethyl adjacent to an activating group) is 1. The zero-order valence-corrected chi connectivity index (χ0v) is 13.4. The Morgan fingerprint density at radius 1 is 1.26 bits per heavy atom. The van der Waals surface area contributed by atoms with Gasteiger partial charge in [-0.3, -0.25) is 0 Å². The second-order valence-electron chi connectivity index (χ2n) is 5.45. The molecule has 0 saturated carbocycles. The van der Waals surface area contributed by atoms with Crippen molar-refractivity contribution >= 4 is 11.8 Å². The summed E-state index contributed by atoms with van der Waals surface area (Å²) in [6.45, 7) is 9.59. The van der Waals surface area contributed by atoms with Crippen molar-refractivity contribution in [3.8, 4) is 0 Å². The molecule has 1 aromatic carbocycles. The maximum Gasteiger partial charge on any atom is 0.0610 e. The minimum absolute atomic E-state index is 0.126. The largest absolute Gasteiger partial charge is 0.394 e. The van der Waals surface area contributed by atoms with E-state index in [-0.39, 0.29) is 12.1 Å². The molecule has 1 unspecified atom stereocenters. The van der Waals surface area contributed by atoms with Crippen molar-refractivity contribution in [2.24, 2.45) is 0 Å². The summed E-state index contributed by atoms with van der Waals surface area (Å²) in [6.07, 6.45) is 2.12. The van der Waals surface area contributed by atoms with Gasteiger partial charge < -0.3 is 10.4 Å². The number of thioether (sulfide) groups is 1. The Kier molecular flexibility index (Phi) is 6.90. The number of aliphatic hydroxyl groups is 1. The van der Waals surface area contributed by atoms with Crippen LogP contribution in [0.1, 0.15) is 37.8 Å². The first-order valence-corrected chi connectivity index (χ1v) is 8.05. The van der Waals surface area contributed by atoms with Crippen LogP contribution in [-0.2, 0) is 0 Å². The van der Waals surface area contributed by atoms with Crippen molar-refractivity contribution in [2.75, 3.05) is 18.9 Å². The van der Waals surface area contributed by atoms with Crippen LogP contribution in [-0.4, -0.2) is 29.5 Å². The van der Waals surface area contributed by atoms with E-state index in [9.17, 15) is 5.11 Å². The van der Waals surface area contributed by atoms with Crippen LogP contribution in [0.5, 0.6) is 0 Å². The van der Waals surface area contributed by atoms with E-state index < -0.39 is 0 Å². The molecule has 1 rings (SSSR count). The highest BCUT2D eigenvalue weighted by atomic mass is 32.2. The minimum atomic E-state index is -0.126. The number of rotatable bonds is 8. The third-order valence-electron chi connectivity index (χ3n) is 3.57. The molecule has 2 N–H and O–H groups in total. The fraction of sp³-hybridized carbons (Fsp3) is 0.625. The predicted octanol–water partition coefficient (Wildman–Crippen LogP) is 3.54. The van der Waals surface area contributed by atoms with Crippen molar-refractivity contribution in [1.29, 1.82) is 0 Å². The molecule has 0 heterocycles. The Morgan fingerprint density at radius 2 is 2.00 bits per heavy atom. The van der Waals surface area contributed by atoms with E-state index in [1.165, 1.54) is 16.0 Å². The Labute approximate surface area is 122 Å². The second kappa shape index (κ2) is 7.93. The van der Waals surface area contributed by atoms with Crippen LogP contribution in [0.2, 0.25) is 0 Å². The monoisotopic (exact) mass is 281 g/mol. The molecule has 1 atom stereocenters. The van der Waals surface area contributed by atoms with E-state index >= 15 is 0 Å². The lowest BCUT2D eigenvalue weighted by atomic mass is 9.97. The summed E-state index contributed by atoms with van der Waals surface area (Å²) in [5.74, 6) is 1.10. The van der Waals surface area contributed by atoms with Crippen LogP contribution in [0.15, 0.2) is 23.1 Å². The normalized spacial score (nSPS) is 14.4. The van der Waals surface area contributed by atoms with Gasteiger partial charge in [0.25, 0.3) is 0 Å². The molecule has 19 heavy (non-hydrogen) atoms. The molecule has 108 valence electrons. The topological polar surface area (TPSA) is 32.3 Å². The van der Waals surface area contributed by atoms with Crippen LogP contribution in [0.3, 0.4) is 0 Å². The number of benzene rings is 1. The third kappa shape index (κ3) is 5.55. The molecular formula is C16H27NOS. The molecule has 0 fully saturated rings. The molecule has 0 bridgehead atoms. The first-order valence-electron chi connectivity index (χ1n) is 7.06. The van der Waals surface area contributed by atoms with Crippen LogP contribution in [0.4, 0.5) is 0 Å². The van der Waals surface area contributed by atoms with Crippen LogP contribution in [0.25, 0.3) is 0 Å². The van der Waals surface area contributed by atoms with Crippen molar-refractivity contribution < 1.29 is 5.11 Å². The summed E-state index contributed by atoms with van der Waals surface area (Å²) in [5, 5.41) is 12.8. The van der Waals surface area contributed by atoms with Gasteiger partial charge in [-0.25, -0.2) is 0 Å². The molecule has 0 aromatic heterocycles. The molecule has 0 aliphatic heterocycles. The van der Waals surface area contributed by atoms with Crippen LogP contribution < -0.4 is 5.32 Å². The molecule has 1 aromatic rings. The summed E-state index contributed by atoms with van der Waals surface area (Å²) in [4.78, 5) is 1.34. The van der Waals surface area contributed by atoms with Gasteiger partial charge in [0, 0.05) is 10.4 Å². The molecule has 0 amide bonds. The summed E-state index contributed by atoms with van der Waals surface area (Å²) >= 11 is 1.90. The molecule has 0 radical (unpaired) electrons. The van der Waals surface area contributed by atoms with E-state index in [0.717, 1.165) is 25.1 Å². The molecule has 2 nitrogen and oxygen atoms in total. The van der Waals surface area contributed by atoms with Crippen molar-refractivity contribution in [3.63, 3.8) is 0 Å². The smallest absolute Gasteiger partial charge is 0.0610 e. The summed E-state index contributed by atoms with van der Waals surface area (Å²) in [5.41, 5.74) is 2.58. The fourth-order valence-electron chi connectivity index (χ4n) is 2.11. The molecule has 0 aliphatic rings. The van der Waals surface area contributed by atoms with Crippen molar-refractivity contribution in [3.05, 3.63) is 29.3 Å². The van der Waals surface area contributed by atoms with E-state index in [1.807, 2.05) is 11.8 Å². The summed E-state index contributed by atoms with van der Waals surface area (Å²) in [7, 11) is 0. The maximum absolute atomic E-state index is 9.43. The van der Waals surface area contributed by atoms with Crippen LogP contribution >= 0.6 is 11.8 Å². The van der Waals surface area contributed by atoms with Gasteiger partial charge in [-0.15, -0.1) is 11.8 Å². The van der Waals surface area contributed by atoms with Gasteiger partial charge in [0.05, 0.1) is 6.61 Å². The van der Waals surface area contributed by atoms with Gasteiger partial charge in [0.1, 0.15) is 0 Å². The highest BCUT2D eigenvalue weighted by molar-refractivity contribution is 7.99. The second-order valence-corrected chi connectivity index (χ2v) is 6.62. The molecule has 0 aliphatic carbocycles. The highest BCUT2D eigenvalue weighted by Crippen LogP contribution is 2.23. The number of aryl methyl sites for hydroxylation is 2. The number of hydrogen-bond acceptors (Lipinski definition) is 3. The lowest BCUT2D eigenvalue weighted by molar-refractivity contribution is 0.167. The van der Waals surface area contributed by atoms with Crippen molar-refractivity contribution in [2.45, 2.75) is 51.0 Å². The van der Waals surface area contributed by atoms with E-state index in [1.54, 1.807) is 0 Å². The predicted molar refractivity (Wildman–Crippen MR) is 85.0 cm³/mol. The molecular weight excluding hydrogens is 254 g/mol. The van der Waals surface area contributed by atoms with Gasteiger partial charge in [-0.1, -0.05) is 13.0 Å². The maximum atomic E-state index is 9.43. The number of aliphatic hydroxyl groups excluding tert-OH is 1. The minimum Gasteiger partial charge on any atom is -0.394 e. The van der Waals surface area contributed by atoms with Crippen LogP contribution in [0, 0.1) is 13.8 Å². The first-order chi connectivity index (χ1) is 9.00. The fourth-order valence-corrected chi connectivity index (χ4v) is 3.05. The zero-order chi connectivity index (χ0) is 14.3. The van der Waals surface area contributed by atoms with Crippen molar-refractivity contribution in [1.82, 2.24) is 5.32 Å². The number of hydrogen-bond donors (Lipinski definition) is 2. The average molecular weight is 281 g/mol. The standard InChI is InChI=1S/C16H27NOS/c1-5-17-16(4,12-18)9-6-10-19-15-8-7-13(2)14(3)11-15/h7-8,11,17-18H,5-6,9-10,12H2,1-4H3. The lowest BCUT2D eigenvalue weighted by Crippen LogP contribution is -2.45. The Bertz CT molecular complexity index is 394. The van der Waals surface area contributed by atoms with Gasteiger partial charge in [0.15, 0.2) is 0 Å². The number of nitrogens with one attached hydrogen (secondary N) is 1. The third-order valence-corrected chi connectivity index (χ3v) is 4.65. The van der Waals surface area contributed by atoms with Gasteiger partial charge in [-0.05, 0) is 69.2 Å². The quantitative estimate of drug-likeness (QED) is 0.565. The SMILES string of the molecule is CCNC(C)(CO)CCCSc1ccc(C)c(C)c1. The lowest BCUT2D eigenvalue weighted by Gasteiger charge is -2.28. The summed E-state index contributed by atoms with van der Waals surface area (Å²) in [6, 6.07) is 6.65. The Hall–Kier alpha value is -0.510. The Morgan fingerprint density at radius 3 is 2.58 bits per heavy atom. The van der Waals surface area contributed by atoms with Gasteiger partial charge in [-0.2, -0.15) is 0 Å². The van der Waals surface area contributed by atoms with E-state index in [2.05, 4.69) is 51.2 Å². The molecule has 0 spiro atoms. The van der Waals surface area contributed by atoms with E-state index in [0.29, 0.717) is 0 Å². The van der Waals surface area contributed by atoms with Gasteiger partial charge >= 0.3 is 0 Å². The summed E-state index contributed by atoms with van der Waals surface area (Å²) < 4.78 is 0. The van der Waals surface area contributed by atoms with E-state index in [4.69, 9.17) is 0 Å². The highest BCUT2D eigenvalue weighted by Gasteiger charge is 2.20. The zero-order valence-electron chi connectivity index (χ0n) is 12.6.